The topological polar surface area (TPSA) is 38.3 Å². The fourth-order valence-electron chi connectivity index (χ4n) is 1.13. The number of carbonyl (C=O) groups excluding carboxylic acids is 1. The summed E-state index contributed by atoms with van der Waals surface area (Å²) in [6.07, 6.45) is 0.942. The first-order valence-electron chi connectivity index (χ1n) is 4.92. The van der Waals surface area contributed by atoms with E-state index < -0.39 is 5.82 Å². The summed E-state index contributed by atoms with van der Waals surface area (Å²) < 4.78 is 19.2. The average molecular weight is 290 g/mol. The van der Waals surface area contributed by atoms with Gasteiger partial charge in [0.25, 0.3) is 0 Å². The molecule has 0 heterocycles. The molecular formula is C11H13BrFNO2. The zero-order chi connectivity index (χ0) is 12.0. The number of ether oxygens (including phenoxy) is 1. The van der Waals surface area contributed by atoms with Gasteiger partial charge in [-0.1, -0.05) is 15.9 Å². The van der Waals surface area contributed by atoms with Gasteiger partial charge in [-0.05, 0) is 24.6 Å². The number of rotatable bonds is 5. The highest BCUT2D eigenvalue weighted by atomic mass is 79.9. The van der Waals surface area contributed by atoms with Gasteiger partial charge >= 0.3 is 0 Å². The van der Waals surface area contributed by atoms with E-state index in [1.165, 1.54) is 6.07 Å². The van der Waals surface area contributed by atoms with Crippen molar-refractivity contribution in [2.75, 3.05) is 13.7 Å². The first-order valence-corrected chi connectivity index (χ1v) is 5.71. The van der Waals surface area contributed by atoms with Crippen LogP contribution in [0.15, 0.2) is 22.7 Å². The third kappa shape index (κ3) is 4.18. The Hall–Kier alpha value is -1.10. The molecule has 1 aromatic rings. The molecule has 0 aromatic heterocycles. The van der Waals surface area contributed by atoms with E-state index in [4.69, 9.17) is 4.74 Å². The van der Waals surface area contributed by atoms with Crippen molar-refractivity contribution in [3.8, 4) is 5.75 Å². The Morgan fingerprint density at radius 3 is 3.00 bits per heavy atom. The molecule has 16 heavy (non-hydrogen) atoms. The Kier molecular flexibility index (Phi) is 5.25. The van der Waals surface area contributed by atoms with Gasteiger partial charge in [0.2, 0.25) is 5.91 Å². The van der Waals surface area contributed by atoms with Crippen LogP contribution in [0.3, 0.4) is 0 Å². The number of hydrogen-bond donors (Lipinski definition) is 1. The Bertz CT molecular complexity index is 371. The third-order valence-corrected chi connectivity index (χ3v) is 2.47. The highest BCUT2D eigenvalue weighted by Gasteiger charge is 2.04. The van der Waals surface area contributed by atoms with Gasteiger partial charge in [-0.15, -0.1) is 0 Å². The first kappa shape index (κ1) is 13.0. The molecule has 1 aromatic carbocycles. The molecular weight excluding hydrogens is 277 g/mol. The van der Waals surface area contributed by atoms with Crippen LogP contribution >= 0.6 is 15.9 Å². The number of nitrogens with one attached hydrogen (secondary N) is 1. The van der Waals surface area contributed by atoms with Crippen LogP contribution in [0, 0.1) is 5.82 Å². The van der Waals surface area contributed by atoms with Crippen molar-refractivity contribution in [1.29, 1.82) is 0 Å². The molecule has 3 nitrogen and oxygen atoms in total. The van der Waals surface area contributed by atoms with Gasteiger partial charge in [0, 0.05) is 17.9 Å². The number of halogens is 2. The molecule has 1 N–H and O–H groups in total. The van der Waals surface area contributed by atoms with Gasteiger partial charge < -0.3 is 10.1 Å². The molecule has 0 unspecified atom stereocenters. The Morgan fingerprint density at radius 2 is 2.31 bits per heavy atom. The van der Waals surface area contributed by atoms with E-state index in [1.807, 2.05) is 0 Å². The summed E-state index contributed by atoms with van der Waals surface area (Å²) in [5.41, 5.74) is 0. The highest BCUT2D eigenvalue weighted by molar-refractivity contribution is 9.10. The van der Waals surface area contributed by atoms with Crippen LogP contribution in [-0.2, 0) is 4.79 Å². The normalized spacial score (nSPS) is 9.94. The van der Waals surface area contributed by atoms with Crippen molar-refractivity contribution in [2.24, 2.45) is 0 Å². The fraction of sp³-hybridized carbons (Fsp3) is 0.364. The second kappa shape index (κ2) is 6.48. The Balaban J connectivity index is 2.37. The molecule has 0 aliphatic carbocycles. The molecule has 0 fully saturated rings. The summed E-state index contributed by atoms with van der Waals surface area (Å²) in [5.74, 6) is -0.243. The maximum atomic E-state index is 13.2. The standard InChI is InChI=1S/C11H13BrFNO2/c1-14-11(15)3-2-6-16-10-7-8(12)4-5-9(10)13/h4-5,7H,2-3,6H2,1H3,(H,14,15). The maximum Gasteiger partial charge on any atom is 0.219 e. The van der Waals surface area contributed by atoms with Crippen LogP contribution in [-0.4, -0.2) is 19.6 Å². The molecule has 0 aliphatic heterocycles. The highest BCUT2D eigenvalue weighted by Crippen LogP contribution is 2.22. The minimum atomic E-state index is -0.400. The summed E-state index contributed by atoms with van der Waals surface area (Å²) in [7, 11) is 1.58. The molecule has 0 aliphatic rings. The van der Waals surface area contributed by atoms with Crippen LogP contribution < -0.4 is 10.1 Å². The van der Waals surface area contributed by atoms with E-state index in [1.54, 1.807) is 19.2 Å². The molecule has 0 radical (unpaired) electrons. The molecule has 0 bridgehead atoms. The summed E-state index contributed by atoms with van der Waals surface area (Å²) in [4.78, 5) is 10.9. The van der Waals surface area contributed by atoms with Crippen molar-refractivity contribution in [3.05, 3.63) is 28.5 Å². The van der Waals surface area contributed by atoms with Crippen LogP contribution in [0.2, 0.25) is 0 Å². The van der Waals surface area contributed by atoms with Crippen molar-refractivity contribution in [1.82, 2.24) is 5.32 Å². The van der Waals surface area contributed by atoms with Crippen molar-refractivity contribution >= 4 is 21.8 Å². The molecule has 1 rings (SSSR count). The van der Waals surface area contributed by atoms with Crippen LogP contribution in [0.1, 0.15) is 12.8 Å². The van der Waals surface area contributed by atoms with Gasteiger partial charge in [0.15, 0.2) is 11.6 Å². The molecule has 0 spiro atoms. The smallest absolute Gasteiger partial charge is 0.219 e. The molecule has 0 saturated carbocycles. The summed E-state index contributed by atoms with van der Waals surface area (Å²) >= 11 is 3.23. The van der Waals surface area contributed by atoms with E-state index in [0.717, 1.165) is 4.47 Å². The minimum absolute atomic E-state index is 0.0432. The molecule has 0 atom stereocenters. The molecule has 0 saturated heterocycles. The van der Waals surface area contributed by atoms with E-state index >= 15 is 0 Å². The van der Waals surface area contributed by atoms with Gasteiger partial charge in [0.1, 0.15) is 0 Å². The van der Waals surface area contributed by atoms with Crippen molar-refractivity contribution in [3.63, 3.8) is 0 Å². The van der Waals surface area contributed by atoms with E-state index in [9.17, 15) is 9.18 Å². The number of amides is 1. The van der Waals surface area contributed by atoms with Gasteiger partial charge in [-0.2, -0.15) is 0 Å². The van der Waals surface area contributed by atoms with E-state index in [2.05, 4.69) is 21.2 Å². The SMILES string of the molecule is CNC(=O)CCCOc1cc(Br)ccc1F. The second-order valence-corrected chi connectivity index (χ2v) is 4.12. The van der Waals surface area contributed by atoms with Gasteiger partial charge in [-0.25, -0.2) is 4.39 Å². The molecule has 1 amide bonds. The zero-order valence-electron chi connectivity index (χ0n) is 8.93. The predicted octanol–water partition coefficient (Wildman–Crippen LogP) is 2.49. The predicted molar refractivity (Wildman–Crippen MR) is 62.9 cm³/mol. The monoisotopic (exact) mass is 289 g/mol. The van der Waals surface area contributed by atoms with Gasteiger partial charge in [0.05, 0.1) is 6.61 Å². The quantitative estimate of drug-likeness (QED) is 0.846. The Morgan fingerprint density at radius 1 is 1.56 bits per heavy atom. The second-order valence-electron chi connectivity index (χ2n) is 3.20. The summed E-state index contributed by atoms with van der Waals surface area (Å²) in [5, 5.41) is 2.51. The lowest BCUT2D eigenvalue weighted by Crippen LogP contribution is -2.18. The summed E-state index contributed by atoms with van der Waals surface area (Å²) in [6, 6.07) is 4.50. The number of carbonyl (C=O) groups is 1. The third-order valence-electron chi connectivity index (χ3n) is 1.98. The largest absolute Gasteiger partial charge is 0.490 e. The molecule has 88 valence electrons. The average Bonchev–Trinajstić information content (AvgIpc) is 2.28. The minimum Gasteiger partial charge on any atom is -0.490 e. The Labute approximate surface area is 102 Å². The fourth-order valence-corrected chi connectivity index (χ4v) is 1.47. The molecule has 5 heteroatoms. The first-order chi connectivity index (χ1) is 7.63. The van der Waals surface area contributed by atoms with Crippen LogP contribution in [0.5, 0.6) is 5.75 Å². The lowest BCUT2D eigenvalue weighted by Gasteiger charge is -2.07. The summed E-state index contributed by atoms with van der Waals surface area (Å²) in [6.45, 7) is 0.320. The van der Waals surface area contributed by atoms with Gasteiger partial charge in [-0.3, -0.25) is 4.79 Å². The lowest BCUT2D eigenvalue weighted by atomic mass is 10.3. The number of hydrogen-bond acceptors (Lipinski definition) is 2. The lowest BCUT2D eigenvalue weighted by molar-refractivity contribution is -0.120. The van der Waals surface area contributed by atoms with E-state index in [-0.39, 0.29) is 11.7 Å². The van der Waals surface area contributed by atoms with Crippen molar-refractivity contribution in [2.45, 2.75) is 12.8 Å². The zero-order valence-corrected chi connectivity index (χ0v) is 10.5. The maximum absolute atomic E-state index is 13.2. The van der Waals surface area contributed by atoms with Crippen LogP contribution in [0.25, 0.3) is 0 Å². The van der Waals surface area contributed by atoms with E-state index in [0.29, 0.717) is 19.4 Å². The number of benzene rings is 1. The van der Waals surface area contributed by atoms with Crippen molar-refractivity contribution < 1.29 is 13.9 Å². The van der Waals surface area contributed by atoms with Crippen LogP contribution in [0.4, 0.5) is 4.39 Å².